The van der Waals surface area contributed by atoms with Crippen LogP contribution in [-0.4, -0.2) is 16.1 Å². The Labute approximate surface area is 341 Å². The van der Waals surface area contributed by atoms with Gasteiger partial charge in [-0.3, -0.25) is 0 Å². The molecule has 0 aliphatic heterocycles. The van der Waals surface area contributed by atoms with Gasteiger partial charge >= 0.3 is 0 Å². The molecule has 7 rings (SSSR count). The molecule has 0 aromatic heterocycles. The van der Waals surface area contributed by atoms with Crippen LogP contribution < -0.4 is 15.3 Å². The molecule has 0 unspecified atom stereocenters. The Morgan fingerprint density at radius 2 is 0.684 bits per heavy atom. The van der Waals surface area contributed by atoms with Crippen LogP contribution >= 0.6 is 0 Å². The van der Waals surface area contributed by atoms with E-state index >= 15 is 0 Å². The van der Waals surface area contributed by atoms with Crippen LogP contribution in [0.2, 0.25) is 39.3 Å². The van der Waals surface area contributed by atoms with E-state index in [0.717, 1.165) is 39.3 Å². The van der Waals surface area contributed by atoms with Gasteiger partial charge in [0.05, 0.1) is 22.7 Å². The molecule has 4 heteroatoms. The summed E-state index contributed by atoms with van der Waals surface area (Å²) < 4.78 is 0. The molecule has 7 aromatic rings. The number of anilines is 3. The maximum Gasteiger partial charge on any atom is 0.187 e. The predicted molar refractivity (Wildman–Crippen MR) is 257 cm³/mol. The van der Waals surface area contributed by atoms with Crippen LogP contribution in [0.15, 0.2) is 158 Å². The highest BCUT2D eigenvalue weighted by molar-refractivity contribution is 6.89. The molecule has 0 saturated heterocycles. The average molecular weight is 771 g/mol. The second-order valence-corrected chi connectivity index (χ2v) is 26.9. The largest absolute Gasteiger partial charge is 0.310 e. The van der Waals surface area contributed by atoms with E-state index in [1.807, 2.05) is 24.3 Å². The van der Waals surface area contributed by atoms with Crippen LogP contribution in [0.1, 0.15) is 33.4 Å². The summed E-state index contributed by atoms with van der Waals surface area (Å²) in [5, 5.41) is 5.31. The third-order valence-corrected chi connectivity index (χ3v) is 14.5. The molecule has 0 fully saturated rings. The maximum atomic E-state index is 7.21. The normalized spacial score (nSPS) is 12.2. The number of benzene rings is 7. The fourth-order valence-corrected chi connectivity index (χ4v) is 9.17. The zero-order chi connectivity index (χ0) is 40.0. The Balaban J connectivity index is 1.16. The van der Waals surface area contributed by atoms with Crippen molar-refractivity contribution in [3.63, 3.8) is 0 Å². The molecule has 0 heterocycles. The number of rotatable bonds is 11. The van der Waals surface area contributed by atoms with Crippen LogP contribution in [0.3, 0.4) is 0 Å². The molecule has 0 spiro atoms. The van der Waals surface area contributed by atoms with Gasteiger partial charge in [0, 0.05) is 17.1 Å². The summed E-state index contributed by atoms with van der Waals surface area (Å²) in [5.41, 5.74) is 10.9. The first-order valence-corrected chi connectivity index (χ1v) is 26.7. The van der Waals surface area contributed by atoms with E-state index in [2.05, 4.69) is 219 Å². The van der Waals surface area contributed by atoms with Gasteiger partial charge in [-0.2, -0.15) is 0 Å². The molecule has 7 aromatic carbocycles. The van der Waals surface area contributed by atoms with E-state index in [1.54, 1.807) is 0 Å². The first-order chi connectivity index (χ1) is 27.4. The van der Waals surface area contributed by atoms with Gasteiger partial charge in [-0.1, -0.05) is 201 Å². The van der Waals surface area contributed by atoms with Gasteiger partial charge in [0.25, 0.3) is 0 Å². The smallest absolute Gasteiger partial charge is 0.187 e. The second kappa shape index (κ2) is 16.9. The fraction of sp³-hybridized carbons (Fsp3) is 0.113. The minimum absolute atomic E-state index is 0.654. The highest BCUT2D eigenvalue weighted by Crippen LogP contribution is 2.37. The van der Waals surface area contributed by atoms with Crippen LogP contribution in [-0.2, 0) is 0 Å². The van der Waals surface area contributed by atoms with E-state index in [4.69, 9.17) is 6.57 Å². The van der Waals surface area contributed by atoms with Crippen molar-refractivity contribution in [1.82, 2.24) is 0 Å². The number of hydrogen-bond acceptors (Lipinski definition) is 1. The molecule has 0 aliphatic rings. The van der Waals surface area contributed by atoms with Crippen LogP contribution in [0.4, 0.5) is 22.7 Å². The lowest BCUT2D eigenvalue weighted by Crippen LogP contribution is -2.37. The second-order valence-electron chi connectivity index (χ2n) is 16.8. The number of nitrogens with zero attached hydrogens (tertiary/aromatic N) is 2. The van der Waals surface area contributed by atoms with Crippen molar-refractivity contribution in [2.45, 2.75) is 39.3 Å². The van der Waals surface area contributed by atoms with Gasteiger partial charge in [-0.05, 0) is 86.6 Å². The molecule has 0 atom stereocenters. The average Bonchev–Trinajstić information content (AvgIpc) is 3.22. The van der Waals surface area contributed by atoms with Gasteiger partial charge in [0.2, 0.25) is 0 Å². The Morgan fingerprint density at radius 3 is 1.09 bits per heavy atom. The predicted octanol–water partition coefficient (Wildman–Crippen LogP) is 14.5. The molecule has 0 radical (unpaired) electrons. The van der Waals surface area contributed by atoms with Crippen LogP contribution in [0, 0.1) is 6.57 Å². The fourth-order valence-electron chi connectivity index (χ4n) is 6.84. The molecule has 0 amide bonds. The van der Waals surface area contributed by atoms with E-state index in [9.17, 15) is 0 Å². The molecular formula is C53H50N2Si2. The summed E-state index contributed by atoms with van der Waals surface area (Å²) in [6.07, 6.45) is 13.0. The first kappa shape index (κ1) is 39.0. The quantitative estimate of drug-likeness (QED) is 0.0722. The lowest BCUT2D eigenvalue weighted by atomic mass is 10.0. The molecule has 0 bridgehead atoms. The molecule has 0 saturated carbocycles. The van der Waals surface area contributed by atoms with Crippen molar-refractivity contribution < 1.29 is 0 Å². The monoisotopic (exact) mass is 770 g/mol. The highest BCUT2D eigenvalue weighted by Gasteiger charge is 2.17. The van der Waals surface area contributed by atoms with E-state index in [0.29, 0.717) is 5.69 Å². The Morgan fingerprint density at radius 1 is 0.368 bits per heavy atom. The molecular weight excluding hydrogens is 721 g/mol. The Bertz CT molecular complexity index is 2480. The zero-order valence-electron chi connectivity index (χ0n) is 33.9. The topological polar surface area (TPSA) is 7.60 Å². The van der Waals surface area contributed by atoms with Gasteiger partial charge in [-0.15, -0.1) is 0 Å². The summed E-state index contributed by atoms with van der Waals surface area (Å²) in [6.45, 7) is 21.5. The number of hydrogen-bond donors (Lipinski definition) is 0. The van der Waals surface area contributed by atoms with Gasteiger partial charge < -0.3 is 4.90 Å². The minimum Gasteiger partial charge on any atom is -0.310 e. The standard InChI is InChI=1S/C53H50N2Si2/c1-54-48-27-15-40(16-28-48)12-13-45-14-25-47-39-51(33-26-46(47)38-45)55(49-29-17-41(18-30-49)8-10-43-21-34-52(35-22-43)56(2,3)4)50-31-19-42(20-32-50)9-11-44-23-36-53(37-24-44)57(5,6)7/h8-39H,2-7H3/b10-8+,11-9+,13-12+. The maximum absolute atomic E-state index is 7.21. The van der Waals surface area contributed by atoms with Crippen LogP contribution in [0.5, 0.6) is 0 Å². The third kappa shape index (κ3) is 9.95. The zero-order valence-corrected chi connectivity index (χ0v) is 35.9. The lowest BCUT2D eigenvalue weighted by Gasteiger charge is -2.26. The van der Waals surface area contributed by atoms with Crippen molar-refractivity contribution in [3.8, 4) is 0 Å². The van der Waals surface area contributed by atoms with E-state index in [1.165, 1.54) is 32.3 Å². The van der Waals surface area contributed by atoms with Gasteiger partial charge in [-0.25, -0.2) is 4.85 Å². The van der Waals surface area contributed by atoms with Gasteiger partial charge in [0.15, 0.2) is 5.69 Å². The molecule has 0 aliphatic carbocycles. The van der Waals surface area contributed by atoms with Crippen molar-refractivity contribution in [1.29, 1.82) is 0 Å². The van der Waals surface area contributed by atoms with Crippen LogP contribution in [0.25, 0.3) is 52.1 Å². The molecule has 2 nitrogen and oxygen atoms in total. The van der Waals surface area contributed by atoms with Crippen molar-refractivity contribution >= 4 is 96.5 Å². The molecule has 280 valence electrons. The summed E-state index contributed by atoms with van der Waals surface area (Å²) in [5.74, 6) is 0. The summed E-state index contributed by atoms with van der Waals surface area (Å²) in [4.78, 5) is 5.84. The van der Waals surface area contributed by atoms with E-state index in [-0.39, 0.29) is 0 Å². The number of fused-ring (bicyclic) bond motifs is 1. The highest BCUT2D eigenvalue weighted by atomic mass is 28.3. The lowest BCUT2D eigenvalue weighted by molar-refractivity contribution is 1.29. The first-order valence-electron chi connectivity index (χ1n) is 19.7. The van der Waals surface area contributed by atoms with Crippen molar-refractivity contribution in [3.05, 3.63) is 203 Å². The SMILES string of the molecule is [C-]#[N+]c1ccc(/C=C/c2ccc3cc(N(c4ccc(/C=C/c5ccc([Si](C)(C)C)cc5)cc4)c4ccc(/C=C/c5ccc([Si](C)(C)C)cc5)cc4)ccc3c2)cc1. The summed E-state index contributed by atoms with van der Waals surface area (Å²) in [7, 11) is -2.64. The van der Waals surface area contributed by atoms with E-state index < -0.39 is 16.1 Å². The van der Waals surface area contributed by atoms with Gasteiger partial charge in [0.1, 0.15) is 0 Å². The van der Waals surface area contributed by atoms with Crippen molar-refractivity contribution in [2.24, 2.45) is 0 Å². The molecule has 0 N–H and O–H groups in total. The summed E-state index contributed by atoms with van der Waals surface area (Å²) in [6, 6.07) is 56.8. The Hall–Kier alpha value is -6.26. The Kier molecular flexibility index (Phi) is 11.5. The summed E-state index contributed by atoms with van der Waals surface area (Å²) >= 11 is 0. The third-order valence-electron chi connectivity index (χ3n) is 10.4. The molecule has 57 heavy (non-hydrogen) atoms. The van der Waals surface area contributed by atoms with Crippen molar-refractivity contribution in [2.75, 3.05) is 4.90 Å². The minimum atomic E-state index is -1.32.